The van der Waals surface area contributed by atoms with E-state index < -0.39 is 0 Å². The van der Waals surface area contributed by atoms with Crippen LogP contribution in [0.4, 0.5) is 5.13 Å². The Bertz CT molecular complexity index is 705. The summed E-state index contributed by atoms with van der Waals surface area (Å²) in [5.41, 5.74) is 0.741. The Balaban J connectivity index is 0.00000196. The minimum atomic E-state index is 0. The van der Waals surface area contributed by atoms with E-state index in [4.69, 9.17) is 0 Å². The number of hydrogen-bond acceptors (Lipinski definition) is 5. The maximum Gasteiger partial charge on any atom is 0.253 e. The summed E-state index contributed by atoms with van der Waals surface area (Å²) in [7, 11) is 1.87. The van der Waals surface area contributed by atoms with Crippen LogP contribution in [0, 0.1) is 0 Å². The first-order valence-electron chi connectivity index (χ1n) is 9.40. The summed E-state index contributed by atoms with van der Waals surface area (Å²) in [4.78, 5) is 25.0. The van der Waals surface area contributed by atoms with Gasteiger partial charge in [-0.05, 0) is 25.1 Å². The second-order valence-corrected chi connectivity index (χ2v) is 7.87. The molecule has 0 aliphatic carbocycles. The van der Waals surface area contributed by atoms with Crippen molar-refractivity contribution in [3.63, 3.8) is 0 Å². The molecule has 3 rings (SSSR count). The molecule has 0 radical (unpaired) electrons. The van der Waals surface area contributed by atoms with Crippen LogP contribution in [-0.4, -0.2) is 67.0 Å². The van der Waals surface area contributed by atoms with Crippen molar-refractivity contribution in [2.45, 2.75) is 19.8 Å². The number of carbonyl (C=O) groups is 1. The molecular weight excluding hydrogens is 504 g/mol. The van der Waals surface area contributed by atoms with Gasteiger partial charge >= 0.3 is 0 Å². The third-order valence-electron chi connectivity index (χ3n) is 4.79. The van der Waals surface area contributed by atoms with Gasteiger partial charge in [0.25, 0.3) is 5.91 Å². The van der Waals surface area contributed by atoms with Gasteiger partial charge in [0.2, 0.25) is 0 Å². The van der Waals surface area contributed by atoms with Crippen LogP contribution in [0.25, 0.3) is 0 Å². The van der Waals surface area contributed by atoms with Crippen LogP contribution in [0.5, 0.6) is 0 Å². The molecule has 1 aliphatic rings. The topological polar surface area (TPSA) is 39.7 Å². The summed E-state index contributed by atoms with van der Waals surface area (Å²) in [6.07, 6.45) is 4.04. The fourth-order valence-corrected chi connectivity index (χ4v) is 4.17. The number of likely N-dealkylation sites (N-methyl/N-ethyl adjacent to an activating group) is 1. The smallest absolute Gasteiger partial charge is 0.253 e. The zero-order valence-corrected chi connectivity index (χ0v) is 20.8. The first kappa shape index (κ1) is 25.1. The SMILES string of the molecule is Br.Br.CCCN1CCN(c2ncc(CCN(C)C(=O)c3ccccc3)s2)CC1. The van der Waals surface area contributed by atoms with Gasteiger partial charge in [-0.25, -0.2) is 4.98 Å². The van der Waals surface area contributed by atoms with E-state index in [1.165, 1.54) is 17.8 Å². The van der Waals surface area contributed by atoms with Gasteiger partial charge < -0.3 is 9.80 Å². The Kier molecular flexibility index (Phi) is 11.3. The van der Waals surface area contributed by atoms with Crippen molar-refractivity contribution in [1.82, 2.24) is 14.8 Å². The minimum Gasteiger partial charge on any atom is -0.346 e. The number of thiazole rings is 1. The summed E-state index contributed by atoms with van der Waals surface area (Å²) in [5, 5.41) is 1.12. The molecule has 8 heteroatoms. The largest absolute Gasteiger partial charge is 0.346 e. The molecular formula is C20H30Br2N4OS. The third-order valence-corrected chi connectivity index (χ3v) is 5.90. The van der Waals surface area contributed by atoms with Crippen LogP contribution < -0.4 is 4.90 Å². The highest BCUT2D eigenvalue weighted by atomic mass is 79.9. The molecule has 28 heavy (non-hydrogen) atoms. The highest BCUT2D eigenvalue weighted by Gasteiger charge is 2.19. The molecule has 0 spiro atoms. The number of halogens is 2. The monoisotopic (exact) mass is 532 g/mol. The van der Waals surface area contributed by atoms with E-state index >= 15 is 0 Å². The van der Waals surface area contributed by atoms with Crippen molar-refractivity contribution in [3.8, 4) is 0 Å². The lowest BCUT2D eigenvalue weighted by Crippen LogP contribution is -2.46. The van der Waals surface area contributed by atoms with E-state index in [1.807, 2.05) is 43.6 Å². The molecule has 5 nitrogen and oxygen atoms in total. The summed E-state index contributed by atoms with van der Waals surface area (Å²) in [5.74, 6) is 0.0717. The van der Waals surface area contributed by atoms with Crippen molar-refractivity contribution in [1.29, 1.82) is 0 Å². The predicted molar refractivity (Wildman–Crippen MR) is 129 cm³/mol. The van der Waals surface area contributed by atoms with Gasteiger partial charge in [-0.3, -0.25) is 9.69 Å². The third kappa shape index (κ3) is 6.83. The Morgan fingerprint density at radius 1 is 1.14 bits per heavy atom. The van der Waals surface area contributed by atoms with Gasteiger partial charge in [-0.2, -0.15) is 0 Å². The molecule has 156 valence electrons. The molecule has 2 heterocycles. The van der Waals surface area contributed by atoms with Crippen molar-refractivity contribution in [3.05, 3.63) is 47.0 Å². The number of rotatable bonds is 7. The number of benzene rings is 1. The molecule has 0 bridgehead atoms. The number of nitrogens with zero attached hydrogens (tertiary/aromatic N) is 4. The number of carbonyl (C=O) groups excluding carboxylic acids is 1. The highest BCUT2D eigenvalue weighted by molar-refractivity contribution is 8.93. The molecule has 1 aromatic heterocycles. The highest BCUT2D eigenvalue weighted by Crippen LogP contribution is 2.24. The average molecular weight is 534 g/mol. The predicted octanol–water partition coefficient (Wildman–Crippen LogP) is 4.15. The number of aromatic nitrogens is 1. The summed E-state index contributed by atoms with van der Waals surface area (Å²) >= 11 is 1.76. The van der Waals surface area contributed by atoms with Crippen LogP contribution in [0.2, 0.25) is 0 Å². The summed E-state index contributed by atoms with van der Waals surface area (Å²) < 4.78 is 0. The molecule has 1 amide bonds. The lowest BCUT2D eigenvalue weighted by atomic mass is 10.2. The minimum absolute atomic E-state index is 0. The fourth-order valence-electron chi connectivity index (χ4n) is 3.22. The molecule has 1 aliphatic heterocycles. The quantitative estimate of drug-likeness (QED) is 0.536. The molecule has 1 fully saturated rings. The van der Waals surface area contributed by atoms with Crippen molar-refractivity contribution < 1.29 is 4.79 Å². The Hall–Kier alpha value is -0.960. The maximum atomic E-state index is 12.4. The number of anilines is 1. The van der Waals surface area contributed by atoms with E-state index in [9.17, 15) is 4.79 Å². The molecule has 0 N–H and O–H groups in total. The fraction of sp³-hybridized carbons (Fsp3) is 0.500. The van der Waals surface area contributed by atoms with E-state index in [2.05, 4.69) is 21.7 Å². The van der Waals surface area contributed by atoms with Crippen LogP contribution in [0.3, 0.4) is 0 Å². The van der Waals surface area contributed by atoms with Gasteiger partial charge in [-0.15, -0.1) is 45.3 Å². The first-order chi connectivity index (χ1) is 12.7. The Morgan fingerprint density at radius 2 is 1.82 bits per heavy atom. The first-order valence-corrected chi connectivity index (χ1v) is 10.2. The molecule has 2 aromatic rings. The van der Waals surface area contributed by atoms with Gasteiger partial charge in [0, 0.05) is 62.8 Å². The Labute approximate surface area is 193 Å². The molecule has 0 atom stereocenters. The standard InChI is InChI=1S/C20H28N4OS.2BrH/c1-3-10-23-12-14-24(15-13-23)20-21-16-18(26-20)9-11-22(2)19(25)17-7-5-4-6-8-17;;/h4-8,16H,3,9-15H2,1-2H3;2*1H. The number of hydrogen-bond donors (Lipinski definition) is 0. The Morgan fingerprint density at radius 3 is 2.46 bits per heavy atom. The lowest BCUT2D eigenvalue weighted by molar-refractivity contribution is 0.0797. The second-order valence-electron chi connectivity index (χ2n) is 6.78. The van der Waals surface area contributed by atoms with Crippen LogP contribution in [-0.2, 0) is 6.42 Å². The van der Waals surface area contributed by atoms with Gasteiger partial charge in [0.05, 0.1) is 0 Å². The zero-order valence-electron chi connectivity index (χ0n) is 16.5. The van der Waals surface area contributed by atoms with Crippen LogP contribution in [0.1, 0.15) is 28.6 Å². The molecule has 1 aromatic carbocycles. The summed E-state index contributed by atoms with van der Waals surface area (Å²) in [6, 6.07) is 9.45. The van der Waals surface area contributed by atoms with Crippen molar-refractivity contribution in [2.75, 3.05) is 51.2 Å². The lowest BCUT2D eigenvalue weighted by Gasteiger charge is -2.34. The van der Waals surface area contributed by atoms with E-state index in [-0.39, 0.29) is 39.9 Å². The van der Waals surface area contributed by atoms with Crippen molar-refractivity contribution in [2.24, 2.45) is 0 Å². The van der Waals surface area contributed by atoms with Gasteiger partial charge in [0.1, 0.15) is 0 Å². The van der Waals surface area contributed by atoms with E-state index in [0.717, 1.165) is 43.3 Å². The van der Waals surface area contributed by atoms with Crippen molar-refractivity contribution >= 4 is 56.3 Å². The van der Waals surface area contributed by atoms with Crippen LogP contribution in [0.15, 0.2) is 36.5 Å². The number of piperazine rings is 1. The molecule has 0 unspecified atom stereocenters. The maximum absolute atomic E-state index is 12.4. The zero-order chi connectivity index (χ0) is 18.4. The van der Waals surface area contributed by atoms with E-state index in [1.54, 1.807) is 16.2 Å². The summed E-state index contributed by atoms with van der Waals surface area (Å²) in [6.45, 7) is 8.49. The van der Waals surface area contributed by atoms with Gasteiger partial charge in [-0.1, -0.05) is 25.1 Å². The second kappa shape index (κ2) is 12.6. The number of amides is 1. The van der Waals surface area contributed by atoms with Crippen LogP contribution >= 0.6 is 45.3 Å². The average Bonchev–Trinajstić information content (AvgIpc) is 3.16. The normalized spacial score (nSPS) is 14.1. The molecule has 0 saturated carbocycles. The van der Waals surface area contributed by atoms with Gasteiger partial charge in [0.15, 0.2) is 5.13 Å². The van der Waals surface area contributed by atoms with E-state index in [0.29, 0.717) is 6.54 Å². The molecule has 1 saturated heterocycles.